The molecule has 15 heavy (non-hydrogen) atoms. The van der Waals surface area contributed by atoms with E-state index in [1.54, 1.807) is 0 Å². The summed E-state index contributed by atoms with van der Waals surface area (Å²) in [5.41, 5.74) is 0. The predicted molar refractivity (Wildman–Crippen MR) is 44.8 cm³/mol. The molecule has 1 aliphatic rings. The van der Waals surface area contributed by atoms with E-state index >= 15 is 0 Å². The molecular weight excluding hydrogens is 211 g/mol. The fraction of sp³-hybridized carbons (Fsp3) is 0.333. The number of nitrogens with one attached hydrogen (secondary N) is 1. The monoisotopic (exact) mass is 219 g/mol. The highest BCUT2D eigenvalue weighted by atomic mass is 19.2. The van der Waals surface area contributed by atoms with Gasteiger partial charge in [0.15, 0.2) is 17.4 Å². The van der Waals surface area contributed by atoms with E-state index in [0.29, 0.717) is 6.07 Å². The number of rotatable bonds is 2. The van der Waals surface area contributed by atoms with E-state index in [4.69, 9.17) is 0 Å². The first-order valence-corrected chi connectivity index (χ1v) is 4.27. The molecule has 1 saturated heterocycles. The van der Waals surface area contributed by atoms with E-state index in [1.807, 2.05) is 0 Å². The van der Waals surface area contributed by atoms with Gasteiger partial charge in [0, 0.05) is 0 Å². The zero-order valence-electron chi connectivity index (χ0n) is 7.56. The fourth-order valence-corrected chi connectivity index (χ4v) is 1.20. The van der Waals surface area contributed by atoms with Crippen LogP contribution in [0.1, 0.15) is 0 Å². The van der Waals surface area contributed by atoms with Gasteiger partial charge in [0.1, 0.15) is 0 Å². The zero-order valence-corrected chi connectivity index (χ0v) is 7.56. The van der Waals surface area contributed by atoms with Gasteiger partial charge in [-0.2, -0.15) is 4.39 Å². The Bertz CT molecular complexity index is 393. The summed E-state index contributed by atoms with van der Waals surface area (Å²) >= 11 is 0. The van der Waals surface area contributed by atoms with Crippen molar-refractivity contribution in [2.75, 3.05) is 13.1 Å². The molecule has 2 rings (SSSR count). The average molecular weight is 219 g/mol. The summed E-state index contributed by atoms with van der Waals surface area (Å²) in [4.78, 5) is 0. The second-order valence-electron chi connectivity index (χ2n) is 3.32. The smallest absolute Gasteiger partial charge is 0.233 e. The maximum Gasteiger partial charge on any atom is 0.233 e. The van der Waals surface area contributed by atoms with Crippen molar-refractivity contribution in [3.63, 3.8) is 0 Å². The van der Waals surface area contributed by atoms with Crippen molar-refractivity contribution in [1.82, 2.24) is 5.32 Å². The molecule has 6 heteroatoms. The van der Waals surface area contributed by atoms with Gasteiger partial charge in [-0.1, -0.05) is 0 Å². The van der Waals surface area contributed by atoms with E-state index in [1.165, 1.54) is 0 Å². The van der Waals surface area contributed by atoms with E-state index in [2.05, 4.69) is 10.1 Å². The van der Waals surface area contributed by atoms with Crippen molar-refractivity contribution >= 4 is 0 Å². The van der Waals surface area contributed by atoms with Crippen LogP contribution in [0.5, 0.6) is 5.75 Å². The first-order valence-electron chi connectivity index (χ1n) is 4.27. The maximum atomic E-state index is 13.1. The zero-order chi connectivity index (χ0) is 11.1. The van der Waals surface area contributed by atoms with Gasteiger partial charge in [0.05, 0.1) is 13.1 Å². The second kappa shape index (κ2) is 3.39. The molecule has 0 spiro atoms. The third kappa shape index (κ3) is 1.78. The van der Waals surface area contributed by atoms with Crippen LogP contribution in [-0.2, 0) is 0 Å². The molecule has 0 atom stereocenters. The van der Waals surface area contributed by atoms with Crippen LogP contribution in [0.2, 0.25) is 0 Å². The van der Waals surface area contributed by atoms with Gasteiger partial charge in [-0.15, -0.1) is 0 Å². The highest BCUT2D eigenvalue weighted by Gasteiger charge is 2.38. The van der Waals surface area contributed by atoms with Crippen molar-refractivity contribution < 1.29 is 23.0 Å². The third-order valence-electron chi connectivity index (χ3n) is 2.10. The second-order valence-corrected chi connectivity index (χ2v) is 3.32. The molecule has 1 heterocycles. The third-order valence-corrected chi connectivity index (χ3v) is 2.10. The van der Waals surface area contributed by atoms with Crippen molar-refractivity contribution in [2.45, 2.75) is 5.79 Å². The Labute approximate surface area is 83.5 Å². The quantitative estimate of drug-likeness (QED) is 0.570. The van der Waals surface area contributed by atoms with Crippen molar-refractivity contribution in [3.05, 3.63) is 29.6 Å². The largest absolute Gasteiger partial charge is 0.453 e. The van der Waals surface area contributed by atoms with Crippen molar-refractivity contribution in [3.8, 4) is 5.75 Å². The molecular formula is C9H8F3NO2. The standard InChI is InChI=1S/C9H8F3NO2/c10-5-1-2-6(11)8(7(5)12)15-9(14)3-13-4-9/h1-2,13-14H,3-4H2. The van der Waals surface area contributed by atoms with E-state index in [-0.39, 0.29) is 13.1 Å². The van der Waals surface area contributed by atoms with Crippen LogP contribution in [0.25, 0.3) is 0 Å². The van der Waals surface area contributed by atoms with Gasteiger partial charge in [0.2, 0.25) is 11.6 Å². The molecule has 0 saturated carbocycles. The number of β-amino-alcohol motifs (C(OH)–C–C–N with tert-alkyl or cyclic N) is 1. The number of halogens is 3. The molecule has 1 fully saturated rings. The number of hydrogen-bond donors (Lipinski definition) is 2. The summed E-state index contributed by atoms with van der Waals surface area (Å²) in [6, 6.07) is 1.39. The molecule has 0 unspecified atom stereocenters. The summed E-state index contributed by atoms with van der Waals surface area (Å²) < 4.78 is 43.6. The molecule has 1 aromatic rings. The van der Waals surface area contributed by atoms with Crippen LogP contribution < -0.4 is 10.1 Å². The van der Waals surface area contributed by atoms with Gasteiger partial charge >= 0.3 is 0 Å². The molecule has 82 valence electrons. The Morgan fingerprint density at radius 3 is 2.33 bits per heavy atom. The van der Waals surface area contributed by atoms with Crippen LogP contribution in [0.3, 0.4) is 0 Å². The molecule has 2 N–H and O–H groups in total. The van der Waals surface area contributed by atoms with E-state index in [0.717, 1.165) is 6.07 Å². The molecule has 0 amide bonds. The molecule has 0 aromatic heterocycles. The van der Waals surface area contributed by atoms with Crippen LogP contribution in [0.15, 0.2) is 12.1 Å². The van der Waals surface area contributed by atoms with Crippen LogP contribution in [0.4, 0.5) is 13.2 Å². The van der Waals surface area contributed by atoms with Crippen LogP contribution in [-0.4, -0.2) is 24.0 Å². The van der Waals surface area contributed by atoms with Crippen molar-refractivity contribution in [1.29, 1.82) is 0 Å². The highest BCUT2D eigenvalue weighted by molar-refractivity contribution is 5.28. The first kappa shape index (κ1) is 10.3. The first-order chi connectivity index (χ1) is 7.02. The lowest BCUT2D eigenvalue weighted by atomic mass is 10.1. The molecule has 1 aromatic carbocycles. The SMILES string of the molecule is OC1(Oc2c(F)ccc(F)c2F)CNC1. The van der Waals surface area contributed by atoms with Gasteiger partial charge in [-0.3, -0.25) is 0 Å². The van der Waals surface area contributed by atoms with Gasteiger partial charge < -0.3 is 15.2 Å². The summed E-state index contributed by atoms with van der Waals surface area (Å²) in [5.74, 6) is -6.25. The minimum absolute atomic E-state index is 0.0440. The lowest BCUT2D eigenvalue weighted by Gasteiger charge is -2.37. The Balaban J connectivity index is 2.30. The number of benzene rings is 1. The Morgan fingerprint density at radius 1 is 1.20 bits per heavy atom. The minimum atomic E-state index is -1.66. The van der Waals surface area contributed by atoms with E-state index < -0.39 is 29.0 Å². The van der Waals surface area contributed by atoms with Crippen LogP contribution >= 0.6 is 0 Å². The summed E-state index contributed by atoms with van der Waals surface area (Å²) in [5, 5.41) is 12.1. The summed E-state index contributed by atoms with van der Waals surface area (Å²) in [6.45, 7) is 0.0881. The highest BCUT2D eigenvalue weighted by Crippen LogP contribution is 2.27. The topological polar surface area (TPSA) is 41.5 Å². The lowest BCUT2D eigenvalue weighted by Crippen LogP contribution is -2.63. The molecule has 0 bridgehead atoms. The van der Waals surface area contributed by atoms with Gasteiger partial charge in [-0.05, 0) is 12.1 Å². The average Bonchev–Trinajstić information content (AvgIpc) is 2.16. The van der Waals surface area contributed by atoms with E-state index in [9.17, 15) is 18.3 Å². The Hall–Kier alpha value is -1.27. The maximum absolute atomic E-state index is 13.1. The number of ether oxygens (including phenoxy) is 1. The number of hydrogen-bond acceptors (Lipinski definition) is 3. The summed E-state index contributed by atoms with van der Waals surface area (Å²) in [7, 11) is 0. The summed E-state index contributed by atoms with van der Waals surface area (Å²) in [6.07, 6.45) is 0. The molecule has 3 nitrogen and oxygen atoms in total. The molecule has 0 aliphatic carbocycles. The predicted octanol–water partition coefficient (Wildman–Crippen LogP) is 0.774. The molecule has 0 radical (unpaired) electrons. The van der Waals surface area contributed by atoms with Crippen molar-refractivity contribution in [2.24, 2.45) is 0 Å². The van der Waals surface area contributed by atoms with Crippen LogP contribution in [0, 0.1) is 17.5 Å². The normalized spacial score (nSPS) is 18.4. The molecule has 1 aliphatic heterocycles. The van der Waals surface area contributed by atoms with Gasteiger partial charge in [-0.25, -0.2) is 8.78 Å². The van der Waals surface area contributed by atoms with Gasteiger partial charge in [0.25, 0.3) is 0 Å². The Kier molecular flexibility index (Phi) is 2.32. The number of aliphatic hydroxyl groups is 1. The lowest BCUT2D eigenvalue weighted by molar-refractivity contribution is -0.172. The minimum Gasteiger partial charge on any atom is -0.453 e. The Morgan fingerprint density at radius 2 is 1.80 bits per heavy atom. The fourth-order valence-electron chi connectivity index (χ4n) is 1.20.